The molecular formula is C28H32BrN4O3P. The Morgan fingerprint density at radius 2 is 1.08 bits per heavy atom. The van der Waals surface area contributed by atoms with Gasteiger partial charge in [0.1, 0.15) is 0 Å². The average Bonchev–Trinajstić information content (AvgIpc) is 2.89. The quantitative estimate of drug-likeness (QED) is 0.148. The molecule has 0 radical (unpaired) electrons. The van der Waals surface area contributed by atoms with Crippen molar-refractivity contribution in [3.63, 3.8) is 0 Å². The van der Waals surface area contributed by atoms with E-state index in [0.29, 0.717) is 13.2 Å². The lowest BCUT2D eigenvalue weighted by molar-refractivity contribution is 0.219. The van der Waals surface area contributed by atoms with Crippen LogP contribution >= 0.6 is 23.5 Å². The highest BCUT2D eigenvalue weighted by molar-refractivity contribution is 9.08. The molecule has 0 aromatic carbocycles. The van der Waals surface area contributed by atoms with E-state index in [1.54, 1.807) is 26.2 Å². The molecule has 37 heavy (non-hydrogen) atoms. The predicted molar refractivity (Wildman–Crippen MR) is 152 cm³/mol. The second kappa shape index (κ2) is 14.2. The van der Waals surface area contributed by atoms with Crippen LogP contribution in [0.25, 0.3) is 22.8 Å². The summed E-state index contributed by atoms with van der Waals surface area (Å²) in [6.45, 7) is 8.39. The monoisotopic (exact) mass is 582 g/mol. The van der Waals surface area contributed by atoms with Crippen LogP contribution in [0.2, 0.25) is 0 Å². The van der Waals surface area contributed by atoms with Crippen LogP contribution in [0, 0.1) is 13.8 Å². The Morgan fingerprint density at radius 1 is 0.676 bits per heavy atom. The van der Waals surface area contributed by atoms with Gasteiger partial charge >= 0.3 is 7.60 Å². The molecule has 0 aliphatic carbocycles. The summed E-state index contributed by atoms with van der Waals surface area (Å²) in [6.07, 6.45) is 7.31. The van der Waals surface area contributed by atoms with Gasteiger partial charge in [-0.25, -0.2) is 0 Å². The fourth-order valence-corrected chi connectivity index (χ4v) is 5.54. The maximum atomic E-state index is 12.6. The molecule has 0 unspecified atom stereocenters. The second-order valence-corrected chi connectivity index (χ2v) is 10.9. The molecule has 0 aliphatic heterocycles. The van der Waals surface area contributed by atoms with Crippen molar-refractivity contribution in [3.8, 4) is 22.8 Å². The summed E-state index contributed by atoms with van der Waals surface area (Å²) in [6, 6.07) is 15.7. The number of aryl methyl sites for hydroxylation is 2. The van der Waals surface area contributed by atoms with Gasteiger partial charge < -0.3 is 9.05 Å². The second-order valence-electron chi connectivity index (χ2n) is 8.27. The molecule has 7 nitrogen and oxygen atoms in total. The van der Waals surface area contributed by atoms with E-state index in [4.69, 9.17) is 9.05 Å². The smallest absolute Gasteiger partial charge is 0.309 e. The number of pyridine rings is 4. The van der Waals surface area contributed by atoms with Gasteiger partial charge in [-0.1, -0.05) is 15.9 Å². The van der Waals surface area contributed by atoms with Crippen molar-refractivity contribution < 1.29 is 13.6 Å². The van der Waals surface area contributed by atoms with Crippen molar-refractivity contribution in [2.45, 2.75) is 39.2 Å². The molecule has 4 rings (SSSR count). The fourth-order valence-electron chi connectivity index (χ4n) is 3.51. The third-order valence-electron chi connectivity index (χ3n) is 5.19. The molecule has 0 N–H and O–H groups in total. The highest BCUT2D eigenvalue weighted by Crippen LogP contribution is 2.51. The molecule has 0 aliphatic rings. The third-order valence-corrected chi connectivity index (χ3v) is 7.89. The SMILES string of the molecule is CCOP(=O)(Cc1ccnc(-c2cc(C)ccn2)c1)OCC.Cc1ccnc(-c2cc(CBr)ccn2)c1. The molecule has 9 heteroatoms. The van der Waals surface area contributed by atoms with Gasteiger partial charge in [0.2, 0.25) is 0 Å². The zero-order chi connectivity index (χ0) is 26.7. The highest BCUT2D eigenvalue weighted by atomic mass is 79.9. The molecule has 4 heterocycles. The van der Waals surface area contributed by atoms with E-state index in [1.807, 2.05) is 61.8 Å². The Morgan fingerprint density at radius 3 is 1.51 bits per heavy atom. The van der Waals surface area contributed by atoms with Gasteiger partial charge in [0, 0.05) is 30.1 Å². The van der Waals surface area contributed by atoms with Crippen molar-refractivity contribution >= 4 is 23.5 Å². The number of rotatable bonds is 9. The number of hydrogen-bond acceptors (Lipinski definition) is 7. The van der Waals surface area contributed by atoms with Gasteiger partial charge in [-0.2, -0.15) is 0 Å². The lowest BCUT2D eigenvalue weighted by Gasteiger charge is -2.17. The van der Waals surface area contributed by atoms with E-state index < -0.39 is 7.60 Å². The first-order valence-electron chi connectivity index (χ1n) is 12.1. The van der Waals surface area contributed by atoms with Gasteiger partial charge in [0.15, 0.2) is 0 Å². The number of nitrogens with zero attached hydrogens (tertiary/aromatic N) is 4. The fraction of sp³-hybridized carbons (Fsp3) is 0.286. The van der Waals surface area contributed by atoms with Gasteiger partial charge in [-0.15, -0.1) is 0 Å². The van der Waals surface area contributed by atoms with Crippen LogP contribution in [0.15, 0.2) is 73.3 Å². The third kappa shape index (κ3) is 8.93. The van der Waals surface area contributed by atoms with E-state index in [9.17, 15) is 4.57 Å². The van der Waals surface area contributed by atoms with Gasteiger partial charge in [-0.05, 0) is 98.5 Å². The molecule has 0 saturated carbocycles. The largest absolute Gasteiger partial charge is 0.335 e. The summed E-state index contributed by atoms with van der Waals surface area (Å²) in [7, 11) is -3.11. The molecule has 0 bridgehead atoms. The van der Waals surface area contributed by atoms with Crippen molar-refractivity contribution in [1.82, 2.24) is 19.9 Å². The van der Waals surface area contributed by atoms with Crippen LogP contribution in [0.5, 0.6) is 0 Å². The predicted octanol–water partition coefficient (Wildman–Crippen LogP) is 7.57. The Bertz CT molecular complexity index is 1340. The van der Waals surface area contributed by atoms with Crippen LogP contribution < -0.4 is 0 Å². The van der Waals surface area contributed by atoms with Crippen molar-refractivity contribution in [1.29, 1.82) is 0 Å². The number of alkyl halides is 1. The number of hydrogen-bond donors (Lipinski definition) is 0. The molecular weight excluding hydrogens is 551 g/mol. The minimum atomic E-state index is -3.11. The van der Waals surface area contributed by atoms with Crippen LogP contribution in [0.1, 0.15) is 36.1 Å². The summed E-state index contributed by atoms with van der Waals surface area (Å²) < 4.78 is 23.3. The maximum Gasteiger partial charge on any atom is 0.335 e. The number of halogens is 1. The lowest BCUT2D eigenvalue weighted by atomic mass is 10.1. The highest BCUT2D eigenvalue weighted by Gasteiger charge is 2.24. The molecule has 0 amide bonds. The van der Waals surface area contributed by atoms with Crippen LogP contribution in [-0.4, -0.2) is 33.1 Å². The van der Waals surface area contributed by atoms with E-state index in [0.717, 1.165) is 39.2 Å². The van der Waals surface area contributed by atoms with E-state index in [2.05, 4.69) is 48.9 Å². The van der Waals surface area contributed by atoms with Crippen LogP contribution in [-0.2, 0) is 25.1 Å². The Balaban J connectivity index is 0.000000220. The van der Waals surface area contributed by atoms with Gasteiger partial charge in [0.25, 0.3) is 0 Å². The Labute approximate surface area is 227 Å². The zero-order valence-corrected chi connectivity index (χ0v) is 24.1. The first kappa shape index (κ1) is 28.8. The summed E-state index contributed by atoms with van der Waals surface area (Å²) in [5.74, 6) is 0. The first-order valence-corrected chi connectivity index (χ1v) is 14.9. The van der Waals surface area contributed by atoms with Gasteiger partial charge in [-0.3, -0.25) is 24.5 Å². The molecule has 194 valence electrons. The Hall–Kier alpha value is -2.77. The van der Waals surface area contributed by atoms with Crippen molar-refractivity contribution in [3.05, 3.63) is 95.6 Å². The lowest BCUT2D eigenvalue weighted by Crippen LogP contribution is -2.00. The number of aromatic nitrogens is 4. The molecule has 4 aromatic rings. The standard InChI is InChI=1S/C16H21N2O3P.C12H11BrN2/c1-4-20-22(19,21-5-2)12-14-7-9-18-16(11-14)15-10-13(3)6-8-17-15;1-9-2-4-14-11(6-9)12-7-10(8-13)3-5-15-12/h6-11H,4-5,12H2,1-3H3;2-7H,8H2,1H3. The molecule has 0 fully saturated rings. The van der Waals surface area contributed by atoms with E-state index in [-0.39, 0.29) is 6.16 Å². The minimum absolute atomic E-state index is 0.232. The summed E-state index contributed by atoms with van der Waals surface area (Å²) >= 11 is 3.43. The summed E-state index contributed by atoms with van der Waals surface area (Å²) in [5, 5.41) is 0.842. The minimum Gasteiger partial charge on any atom is -0.309 e. The van der Waals surface area contributed by atoms with E-state index in [1.165, 1.54) is 11.1 Å². The zero-order valence-electron chi connectivity index (χ0n) is 21.6. The summed E-state index contributed by atoms with van der Waals surface area (Å²) in [5.41, 5.74) is 7.79. The van der Waals surface area contributed by atoms with Crippen LogP contribution in [0.3, 0.4) is 0 Å². The molecule has 0 saturated heterocycles. The Kier molecular flexibility index (Phi) is 11.1. The van der Waals surface area contributed by atoms with Gasteiger partial charge in [0.05, 0.1) is 42.2 Å². The van der Waals surface area contributed by atoms with Crippen molar-refractivity contribution in [2.75, 3.05) is 13.2 Å². The topological polar surface area (TPSA) is 87.1 Å². The molecule has 4 aromatic heterocycles. The maximum absolute atomic E-state index is 12.6. The molecule has 0 atom stereocenters. The summed E-state index contributed by atoms with van der Waals surface area (Å²) in [4.78, 5) is 17.3. The average molecular weight is 583 g/mol. The van der Waals surface area contributed by atoms with E-state index >= 15 is 0 Å². The normalized spacial score (nSPS) is 11.1. The molecule has 0 spiro atoms. The van der Waals surface area contributed by atoms with Crippen LogP contribution in [0.4, 0.5) is 0 Å². The van der Waals surface area contributed by atoms with Crippen molar-refractivity contribution in [2.24, 2.45) is 0 Å². The first-order chi connectivity index (χ1) is 17.9.